The molecule has 10 heavy (non-hydrogen) atoms. The molecule has 0 spiro atoms. The van der Waals surface area contributed by atoms with Crippen LogP contribution in [0.4, 0.5) is 0 Å². The molecule has 0 rings (SSSR count). The van der Waals surface area contributed by atoms with Gasteiger partial charge in [-0.2, -0.15) is 0 Å². The van der Waals surface area contributed by atoms with Gasteiger partial charge in [-0.3, -0.25) is 0 Å². The van der Waals surface area contributed by atoms with E-state index >= 15 is 0 Å². The van der Waals surface area contributed by atoms with Crippen molar-refractivity contribution in [2.24, 2.45) is 11.7 Å². The van der Waals surface area contributed by atoms with Crippen LogP contribution in [0.15, 0.2) is 0 Å². The molecule has 0 aliphatic carbocycles. The number of rotatable bonds is 6. The highest BCUT2D eigenvalue weighted by molar-refractivity contribution is 5.53. The lowest BCUT2D eigenvalue weighted by molar-refractivity contribution is -0.111. The summed E-state index contributed by atoms with van der Waals surface area (Å²) in [7, 11) is 0. The summed E-state index contributed by atoms with van der Waals surface area (Å²) in [5, 5.41) is 0. The number of hydrogen-bond acceptors (Lipinski definition) is 2. The Morgan fingerprint density at radius 1 is 1.50 bits per heavy atom. The lowest BCUT2D eigenvalue weighted by Gasteiger charge is -2.05. The molecule has 0 aromatic heterocycles. The van der Waals surface area contributed by atoms with Crippen molar-refractivity contribution >= 4 is 6.29 Å². The number of nitrogens with two attached hydrogens (primary N) is 1. The summed E-state index contributed by atoms with van der Waals surface area (Å²) >= 11 is 0. The minimum absolute atomic E-state index is 0.258. The van der Waals surface area contributed by atoms with Crippen molar-refractivity contribution in [2.45, 2.75) is 32.6 Å². The molecule has 0 unspecified atom stereocenters. The Bertz CT molecular complexity index is 83.3. The maximum Gasteiger partial charge on any atom is 0.123 e. The number of hydrogen-bond donors (Lipinski definition) is 1. The van der Waals surface area contributed by atoms with Gasteiger partial charge in [-0.15, -0.1) is 0 Å². The van der Waals surface area contributed by atoms with Crippen LogP contribution in [-0.4, -0.2) is 12.8 Å². The Morgan fingerprint density at radius 2 is 2.20 bits per heavy atom. The normalized spacial score (nSPS) is 13.0. The Kier molecular flexibility index (Phi) is 6.50. The van der Waals surface area contributed by atoms with E-state index in [9.17, 15) is 4.79 Å². The molecule has 0 saturated carbocycles. The molecule has 0 aromatic rings. The lowest BCUT2D eigenvalue weighted by Crippen LogP contribution is -2.06. The third-order valence-electron chi connectivity index (χ3n) is 1.63. The van der Waals surface area contributed by atoms with Gasteiger partial charge < -0.3 is 10.5 Å². The molecule has 0 fully saturated rings. The second kappa shape index (κ2) is 6.75. The molecule has 0 saturated heterocycles. The zero-order valence-corrected chi connectivity index (χ0v) is 6.68. The standard InChI is InChI=1S/C8H17NO/c1-2-4-8(7-10)5-3-6-9/h7-8H,2-6,9H2,1H3/t8-/m0/s1. The van der Waals surface area contributed by atoms with E-state index in [0.29, 0.717) is 6.54 Å². The lowest BCUT2D eigenvalue weighted by atomic mass is 10.00. The molecule has 0 aromatic carbocycles. The topological polar surface area (TPSA) is 43.1 Å². The van der Waals surface area contributed by atoms with Crippen LogP contribution < -0.4 is 5.73 Å². The largest absolute Gasteiger partial charge is 0.330 e. The summed E-state index contributed by atoms with van der Waals surface area (Å²) in [5.41, 5.74) is 5.31. The average Bonchev–Trinajstić information content (AvgIpc) is 1.98. The third kappa shape index (κ3) is 4.50. The van der Waals surface area contributed by atoms with E-state index < -0.39 is 0 Å². The zero-order valence-electron chi connectivity index (χ0n) is 6.68. The van der Waals surface area contributed by atoms with Crippen LogP contribution in [0.2, 0.25) is 0 Å². The van der Waals surface area contributed by atoms with Gasteiger partial charge in [0.15, 0.2) is 0 Å². The van der Waals surface area contributed by atoms with Crippen LogP contribution in [0.3, 0.4) is 0 Å². The van der Waals surface area contributed by atoms with Crippen molar-refractivity contribution in [2.75, 3.05) is 6.54 Å². The molecule has 0 aliphatic rings. The van der Waals surface area contributed by atoms with Crippen molar-refractivity contribution in [3.63, 3.8) is 0 Å². The first kappa shape index (κ1) is 9.63. The van der Waals surface area contributed by atoms with E-state index in [-0.39, 0.29) is 5.92 Å². The fraction of sp³-hybridized carbons (Fsp3) is 0.875. The molecule has 0 radical (unpaired) electrons. The first-order chi connectivity index (χ1) is 4.85. The molecule has 0 aliphatic heterocycles. The molecule has 0 bridgehead atoms. The first-order valence-electron chi connectivity index (χ1n) is 4.00. The summed E-state index contributed by atoms with van der Waals surface area (Å²) in [4.78, 5) is 10.4. The molecular weight excluding hydrogens is 126 g/mol. The summed E-state index contributed by atoms with van der Waals surface area (Å²) in [5.74, 6) is 0.258. The zero-order chi connectivity index (χ0) is 7.82. The third-order valence-corrected chi connectivity index (χ3v) is 1.63. The van der Waals surface area contributed by atoms with Gasteiger partial charge in [0.2, 0.25) is 0 Å². The van der Waals surface area contributed by atoms with Crippen LogP contribution in [0.1, 0.15) is 32.6 Å². The minimum Gasteiger partial charge on any atom is -0.330 e. The smallest absolute Gasteiger partial charge is 0.123 e. The quantitative estimate of drug-likeness (QED) is 0.570. The van der Waals surface area contributed by atoms with Crippen molar-refractivity contribution in [3.05, 3.63) is 0 Å². The van der Waals surface area contributed by atoms with Gasteiger partial charge in [-0.05, 0) is 25.8 Å². The second-order valence-corrected chi connectivity index (χ2v) is 2.62. The molecule has 0 amide bonds. The van der Waals surface area contributed by atoms with E-state index in [1.54, 1.807) is 0 Å². The number of carbonyl (C=O) groups excluding carboxylic acids is 1. The highest BCUT2D eigenvalue weighted by Gasteiger charge is 2.03. The fourth-order valence-corrected chi connectivity index (χ4v) is 1.03. The SMILES string of the molecule is CCC[C@H](C=O)CCCN. The van der Waals surface area contributed by atoms with Crippen molar-refractivity contribution in [1.29, 1.82) is 0 Å². The van der Waals surface area contributed by atoms with Gasteiger partial charge in [0.25, 0.3) is 0 Å². The summed E-state index contributed by atoms with van der Waals surface area (Å²) in [6.45, 7) is 2.80. The number of aldehydes is 1. The van der Waals surface area contributed by atoms with Gasteiger partial charge in [-0.1, -0.05) is 13.3 Å². The number of carbonyl (C=O) groups is 1. The maximum atomic E-state index is 10.4. The average molecular weight is 143 g/mol. The molecule has 2 N–H and O–H groups in total. The summed E-state index contributed by atoms with van der Waals surface area (Å²) < 4.78 is 0. The molecule has 2 heteroatoms. The highest BCUT2D eigenvalue weighted by atomic mass is 16.1. The van der Waals surface area contributed by atoms with Crippen molar-refractivity contribution in [1.82, 2.24) is 0 Å². The van der Waals surface area contributed by atoms with Gasteiger partial charge >= 0.3 is 0 Å². The Hall–Kier alpha value is -0.370. The maximum absolute atomic E-state index is 10.4. The molecule has 0 heterocycles. The summed E-state index contributed by atoms with van der Waals surface area (Å²) in [6.07, 6.45) is 5.11. The van der Waals surface area contributed by atoms with E-state index in [4.69, 9.17) is 5.73 Å². The van der Waals surface area contributed by atoms with Crippen molar-refractivity contribution in [3.8, 4) is 0 Å². The molecular formula is C8H17NO. The van der Waals surface area contributed by atoms with Crippen LogP contribution >= 0.6 is 0 Å². The van der Waals surface area contributed by atoms with E-state index in [2.05, 4.69) is 6.92 Å². The Balaban J connectivity index is 3.29. The first-order valence-corrected chi connectivity index (χ1v) is 4.00. The second-order valence-electron chi connectivity index (χ2n) is 2.62. The van der Waals surface area contributed by atoms with Gasteiger partial charge in [0.1, 0.15) is 6.29 Å². The highest BCUT2D eigenvalue weighted by Crippen LogP contribution is 2.09. The van der Waals surface area contributed by atoms with Gasteiger partial charge in [-0.25, -0.2) is 0 Å². The fourth-order valence-electron chi connectivity index (χ4n) is 1.03. The molecule has 1 atom stereocenters. The van der Waals surface area contributed by atoms with E-state index in [0.717, 1.165) is 32.0 Å². The molecule has 2 nitrogen and oxygen atoms in total. The van der Waals surface area contributed by atoms with E-state index in [1.165, 1.54) is 0 Å². The van der Waals surface area contributed by atoms with Crippen LogP contribution in [0.5, 0.6) is 0 Å². The molecule has 60 valence electrons. The predicted octanol–water partition coefficient (Wildman–Crippen LogP) is 1.34. The summed E-state index contributed by atoms with van der Waals surface area (Å²) in [6, 6.07) is 0. The van der Waals surface area contributed by atoms with Gasteiger partial charge in [0, 0.05) is 5.92 Å². The van der Waals surface area contributed by atoms with Crippen LogP contribution in [0, 0.1) is 5.92 Å². The van der Waals surface area contributed by atoms with E-state index in [1.807, 2.05) is 0 Å². The predicted molar refractivity (Wildman–Crippen MR) is 42.8 cm³/mol. The van der Waals surface area contributed by atoms with Crippen LogP contribution in [0.25, 0.3) is 0 Å². The minimum atomic E-state index is 0.258. The van der Waals surface area contributed by atoms with Crippen molar-refractivity contribution < 1.29 is 4.79 Å². The monoisotopic (exact) mass is 143 g/mol. The Labute approximate surface area is 62.8 Å². The Morgan fingerprint density at radius 3 is 2.60 bits per heavy atom. The van der Waals surface area contributed by atoms with Gasteiger partial charge in [0.05, 0.1) is 0 Å². The van der Waals surface area contributed by atoms with Crippen LogP contribution in [-0.2, 0) is 4.79 Å².